The molecule has 0 amide bonds. The molecule has 0 heterocycles. The van der Waals surface area contributed by atoms with E-state index in [0.29, 0.717) is 5.69 Å². The highest BCUT2D eigenvalue weighted by atomic mass is 16.3. The Balaban J connectivity index is 2.27. The second-order valence-electron chi connectivity index (χ2n) is 3.50. The van der Waals surface area contributed by atoms with E-state index in [1.165, 1.54) is 0 Å². The molecule has 3 nitrogen and oxygen atoms in total. The summed E-state index contributed by atoms with van der Waals surface area (Å²) < 4.78 is 0. The molecule has 3 heteroatoms. The van der Waals surface area contributed by atoms with Crippen molar-refractivity contribution >= 4 is 11.4 Å². The molecular formula is C13H13NO2. The number of aromatic hydroxyl groups is 1. The fourth-order valence-corrected chi connectivity index (χ4v) is 1.46. The second kappa shape index (κ2) is 4.68. The van der Waals surface area contributed by atoms with Crippen LogP contribution in [0.15, 0.2) is 48.5 Å². The van der Waals surface area contributed by atoms with Crippen LogP contribution in [0.4, 0.5) is 11.4 Å². The van der Waals surface area contributed by atoms with Gasteiger partial charge in [-0.05, 0) is 29.8 Å². The molecule has 2 aromatic carbocycles. The minimum Gasteiger partial charge on any atom is -0.506 e. The Bertz CT molecular complexity index is 469. The third-order valence-corrected chi connectivity index (χ3v) is 2.30. The first-order valence-corrected chi connectivity index (χ1v) is 5.04. The molecule has 2 rings (SSSR count). The molecule has 0 saturated heterocycles. The molecule has 0 aliphatic rings. The molecule has 82 valence electrons. The van der Waals surface area contributed by atoms with Crippen LogP contribution in [0, 0.1) is 0 Å². The Morgan fingerprint density at radius 2 is 1.75 bits per heavy atom. The van der Waals surface area contributed by atoms with Gasteiger partial charge in [0.25, 0.3) is 0 Å². The Morgan fingerprint density at radius 1 is 1.00 bits per heavy atom. The second-order valence-corrected chi connectivity index (χ2v) is 3.50. The highest BCUT2D eigenvalue weighted by Gasteiger charge is 2.02. The van der Waals surface area contributed by atoms with Gasteiger partial charge in [0.05, 0.1) is 12.3 Å². The predicted molar refractivity (Wildman–Crippen MR) is 63.8 cm³/mol. The van der Waals surface area contributed by atoms with Gasteiger partial charge in [-0.15, -0.1) is 0 Å². The summed E-state index contributed by atoms with van der Waals surface area (Å²) >= 11 is 0. The number of hydrogen-bond donors (Lipinski definition) is 3. The van der Waals surface area contributed by atoms with Gasteiger partial charge in [0.15, 0.2) is 0 Å². The van der Waals surface area contributed by atoms with Gasteiger partial charge in [0.2, 0.25) is 0 Å². The number of hydrogen-bond acceptors (Lipinski definition) is 3. The zero-order chi connectivity index (χ0) is 11.4. The van der Waals surface area contributed by atoms with Crippen LogP contribution in [0.25, 0.3) is 0 Å². The first kappa shape index (κ1) is 10.5. The lowest BCUT2D eigenvalue weighted by molar-refractivity contribution is 0.282. The molecule has 0 bridgehead atoms. The molecule has 0 unspecified atom stereocenters. The van der Waals surface area contributed by atoms with Crippen molar-refractivity contribution in [2.75, 3.05) is 5.32 Å². The monoisotopic (exact) mass is 215 g/mol. The summed E-state index contributed by atoms with van der Waals surface area (Å²) in [7, 11) is 0. The maximum absolute atomic E-state index is 9.65. The van der Waals surface area contributed by atoms with Crippen molar-refractivity contribution in [2.24, 2.45) is 0 Å². The molecule has 16 heavy (non-hydrogen) atoms. The van der Waals surface area contributed by atoms with Gasteiger partial charge in [0, 0.05) is 5.69 Å². The fraction of sp³-hybridized carbons (Fsp3) is 0.0769. The zero-order valence-electron chi connectivity index (χ0n) is 8.72. The quantitative estimate of drug-likeness (QED) is 0.690. The zero-order valence-corrected chi connectivity index (χ0v) is 8.72. The van der Waals surface area contributed by atoms with E-state index < -0.39 is 0 Å². The van der Waals surface area contributed by atoms with E-state index in [0.717, 1.165) is 11.3 Å². The van der Waals surface area contributed by atoms with Crippen LogP contribution in [-0.4, -0.2) is 10.2 Å². The van der Waals surface area contributed by atoms with Gasteiger partial charge in [0.1, 0.15) is 5.75 Å². The van der Waals surface area contributed by atoms with Crippen LogP contribution >= 0.6 is 0 Å². The van der Waals surface area contributed by atoms with E-state index in [4.69, 9.17) is 5.11 Å². The number of aliphatic hydroxyl groups is 1. The first-order chi connectivity index (χ1) is 7.79. The summed E-state index contributed by atoms with van der Waals surface area (Å²) in [5, 5.41) is 21.7. The van der Waals surface area contributed by atoms with Gasteiger partial charge in [-0.3, -0.25) is 0 Å². The topological polar surface area (TPSA) is 52.5 Å². The molecule has 2 aromatic rings. The van der Waals surface area contributed by atoms with Gasteiger partial charge >= 0.3 is 0 Å². The van der Waals surface area contributed by atoms with Gasteiger partial charge in [-0.2, -0.15) is 0 Å². The van der Waals surface area contributed by atoms with Gasteiger partial charge < -0.3 is 15.5 Å². The minimum absolute atomic E-state index is 0.0379. The molecule has 0 aromatic heterocycles. The van der Waals surface area contributed by atoms with Crippen molar-refractivity contribution in [3.63, 3.8) is 0 Å². The molecule has 0 spiro atoms. The number of rotatable bonds is 3. The normalized spacial score (nSPS) is 10.1. The molecule has 0 atom stereocenters. The van der Waals surface area contributed by atoms with Crippen LogP contribution in [0.1, 0.15) is 5.56 Å². The number of nitrogens with one attached hydrogen (secondary N) is 1. The smallest absolute Gasteiger partial charge is 0.139 e. The lowest BCUT2D eigenvalue weighted by Crippen LogP contribution is -1.92. The summed E-state index contributed by atoms with van der Waals surface area (Å²) in [5.74, 6) is 0.168. The molecule has 0 fully saturated rings. The Hall–Kier alpha value is -2.00. The lowest BCUT2D eigenvalue weighted by Gasteiger charge is -2.09. The van der Waals surface area contributed by atoms with Crippen LogP contribution in [0.2, 0.25) is 0 Å². The van der Waals surface area contributed by atoms with Crippen molar-refractivity contribution in [1.29, 1.82) is 0 Å². The van der Waals surface area contributed by atoms with E-state index in [9.17, 15) is 5.11 Å². The van der Waals surface area contributed by atoms with Crippen molar-refractivity contribution in [3.05, 3.63) is 54.1 Å². The molecule has 0 radical (unpaired) electrons. The fourth-order valence-electron chi connectivity index (χ4n) is 1.46. The van der Waals surface area contributed by atoms with Crippen molar-refractivity contribution in [2.45, 2.75) is 6.61 Å². The average Bonchev–Trinajstić information content (AvgIpc) is 2.33. The average molecular weight is 215 g/mol. The van der Waals surface area contributed by atoms with E-state index >= 15 is 0 Å². The minimum atomic E-state index is -0.0379. The maximum Gasteiger partial charge on any atom is 0.139 e. The Morgan fingerprint density at radius 3 is 2.44 bits per heavy atom. The highest BCUT2D eigenvalue weighted by Crippen LogP contribution is 2.27. The molecule has 0 saturated carbocycles. The number of para-hydroxylation sites is 1. The van der Waals surface area contributed by atoms with E-state index in [-0.39, 0.29) is 12.4 Å². The number of benzene rings is 2. The van der Waals surface area contributed by atoms with E-state index in [1.807, 2.05) is 30.3 Å². The number of anilines is 2. The van der Waals surface area contributed by atoms with Crippen molar-refractivity contribution in [1.82, 2.24) is 0 Å². The van der Waals surface area contributed by atoms with Crippen molar-refractivity contribution < 1.29 is 10.2 Å². The molecule has 3 N–H and O–H groups in total. The predicted octanol–water partition coefficient (Wildman–Crippen LogP) is 2.63. The number of aliphatic hydroxyl groups excluding tert-OH is 1. The maximum atomic E-state index is 9.65. The highest BCUT2D eigenvalue weighted by molar-refractivity contribution is 5.66. The van der Waals surface area contributed by atoms with Gasteiger partial charge in [-0.1, -0.05) is 24.3 Å². The molecular weight excluding hydrogens is 202 g/mol. The number of phenolic OH excluding ortho intramolecular Hbond substituents is 1. The SMILES string of the molecule is OCc1ccc(O)c(Nc2ccccc2)c1. The summed E-state index contributed by atoms with van der Waals surface area (Å²) in [6, 6.07) is 14.5. The Labute approximate surface area is 94.0 Å². The number of phenols is 1. The Kier molecular flexibility index (Phi) is 3.08. The van der Waals surface area contributed by atoms with Crippen LogP contribution in [0.3, 0.4) is 0 Å². The summed E-state index contributed by atoms with van der Waals surface area (Å²) in [6.45, 7) is -0.0379. The summed E-state index contributed by atoms with van der Waals surface area (Å²) in [6.07, 6.45) is 0. The largest absolute Gasteiger partial charge is 0.506 e. The van der Waals surface area contributed by atoms with Crippen LogP contribution < -0.4 is 5.32 Å². The van der Waals surface area contributed by atoms with Crippen LogP contribution in [-0.2, 0) is 6.61 Å². The van der Waals surface area contributed by atoms with E-state index in [2.05, 4.69) is 5.32 Å². The standard InChI is InChI=1S/C13H13NO2/c15-9-10-6-7-13(16)12(8-10)14-11-4-2-1-3-5-11/h1-8,14-16H,9H2. The third-order valence-electron chi connectivity index (χ3n) is 2.30. The summed E-state index contributed by atoms with van der Waals surface area (Å²) in [5.41, 5.74) is 2.25. The molecule has 0 aliphatic carbocycles. The molecule has 0 aliphatic heterocycles. The van der Waals surface area contributed by atoms with E-state index in [1.54, 1.807) is 18.2 Å². The van der Waals surface area contributed by atoms with Gasteiger partial charge in [-0.25, -0.2) is 0 Å². The summed E-state index contributed by atoms with van der Waals surface area (Å²) in [4.78, 5) is 0. The lowest BCUT2D eigenvalue weighted by atomic mass is 10.2. The van der Waals surface area contributed by atoms with Crippen molar-refractivity contribution in [3.8, 4) is 5.75 Å². The third kappa shape index (κ3) is 2.32. The first-order valence-electron chi connectivity index (χ1n) is 5.04. The van der Waals surface area contributed by atoms with Crippen LogP contribution in [0.5, 0.6) is 5.75 Å².